The number of amides is 1. The molecule has 0 unspecified atom stereocenters. The van der Waals surface area contributed by atoms with E-state index in [-0.39, 0.29) is 24.1 Å². The van der Waals surface area contributed by atoms with Crippen molar-refractivity contribution in [2.24, 2.45) is 5.92 Å². The van der Waals surface area contributed by atoms with E-state index in [4.69, 9.17) is 10.00 Å². The highest BCUT2D eigenvalue weighted by Crippen LogP contribution is 2.47. The highest BCUT2D eigenvalue weighted by molar-refractivity contribution is 9.10. The Morgan fingerprint density at radius 1 is 1.59 bits per heavy atom. The summed E-state index contributed by atoms with van der Waals surface area (Å²) >= 11 is 3.50. The summed E-state index contributed by atoms with van der Waals surface area (Å²) in [6.07, 6.45) is 3.95. The Hall–Kier alpha value is -2.00. The van der Waals surface area contributed by atoms with Crippen molar-refractivity contribution in [1.29, 1.82) is 5.26 Å². The molecule has 5 nitrogen and oxygen atoms in total. The number of carbonyl (C=O) groups is 1. The van der Waals surface area contributed by atoms with E-state index in [9.17, 15) is 4.79 Å². The van der Waals surface area contributed by atoms with Crippen LogP contribution in [0.3, 0.4) is 0 Å². The molecule has 0 aromatic heterocycles. The zero-order valence-electron chi connectivity index (χ0n) is 12.1. The molecule has 0 bridgehead atoms. The monoisotopic (exact) mass is 361 g/mol. The van der Waals surface area contributed by atoms with Crippen molar-refractivity contribution in [2.45, 2.75) is 18.5 Å². The Morgan fingerprint density at radius 2 is 2.41 bits per heavy atom. The SMILES string of the molecule is COC(=O)N1CC[C@@H]2[C@H]1c1cc(Br)ccc1N[C@@H]2/C=C/C#N. The average molecular weight is 362 g/mol. The van der Waals surface area contributed by atoms with Crippen molar-refractivity contribution < 1.29 is 9.53 Å². The Bertz CT molecular complexity index is 668. The predicted octanol–water partition coefficient (Wildman–Crippen LogP) is 3.45. The third kappa shape index (κ3) is 2.46. The number of benzene rings is 1. The van der Waals surface area contributed by atoms with Crippen LogP contribution in [-0.2, 0) is 4.74 Å². The molecule has 0 radical (unpaired) electrons. The van der Waals surface area contributed by atoms with Crippen molar-refractivity contribution in [3.63, 3.8) is 0 Å². The molecular weight excluding hydrogens is 346 g/mol. The van der Waals surface area contributed by atoms with Crippen LogP contribution in [0.15, 0.2) is 34.8 Å². The number of nitrogens with zero attached hydrogens (tertiary/aromatic N) is 2. The number of rotatable bonds is 1. The first kappa shape index (κ1) is 14.9. The van der Waals surface area contributed by atoms with Gasteiger partial charge in [0.05, 0.1) is 25.3 Å². The van der Waals surface area contributed by atoms with Gasteiger partial charge in [0, 0.05) is 28.7 Å². The van der Waals surface area contributed by atoms with Gasteiger partial charge in [-0.1, -0.05) is 22.0 Å². The van der Waals surface area contributed by atoms with E-state index in [1.807, 2.05) is 30.3 Å². The second-order valence-electron chi connectivity index (χ2n) is 5.45. The summed E-state index contributed by atoms with van der Waals surface area (Å²) in [5.41, 5.74) is 2.08. The van der Waals surface area contributed by atoms with Crippen LogP contribution >= 0.6 is 15.9 Å². The van der Waals surface area contributed by atoms with E-state index in [1.165, 1.54) is 13.2 Å². The standard InChI is InChI=1S/C16H16BrN3O2/c1-22-16(21)20-8-6-11-13(3-2-7-18)19-14-5-4-10(17)9-12(14)15(11)20/h2-5,9,11,13,15,19H,6,8H2,1H3/b3-2+/t11-,13+,15-/m0/s1. The Kier molecular flexibility index (Phi) is 4.08. The number of allylic oxidation sites excluding steroid dienone is 1. The number of carbonyl (C=O) groups excluding carboxylic acids is 1. The fourth-order valence-corrected chi connectivity index (χ4v) is 3.83. The molecule has 1 N–H and O–H groups in total. The van der Waals surface area contributed by atoms with E-state index in [0.717, 1.165) is 22.1 Å². The highest BCUT2D eigenvalue weighted by Gasteiger charge is 2.45. The first-order valence-electron chi connectivity index (χ1n) is 7.12. The second-order valence-corrected chi connectivity index (χ2v) is 6.37. The Balaban J connectivity index is 2.05. The molecule has 1 fully saturated rings. The van der Waals surface area contributed by atoms with E-state index in [2.05, 4.69) is 21.2 Å². The van der Waals surface area contributed by atoms with Crippen LogP contribution in [0.1, 0.15) is 18.0 Å². The van der Waals surface area contributed by atoms with Gasteiger partial charge in [0.15, 0.2) is 0 Å². The molecule has 22 heavy (non-hydrogen) atoms. The van der Waals surface area contributed by atoms with Crippen LogP contribution in [0.2, 0.25) is 0 Å². The van der Waals surface area contributed by atoms with Gasteiger partial charge < -0.3 is 15.0 Å². The van der Waals surface area contributed by atoms with Crippen molar-refractivity contribution in [3.05, 3.63) is 40.4 Å². The molecule has 2 aliphatic rings. The molecule has 3 rings (SSSR count). The summed E-state index contributed by atoms with van der Waals surface area (Å²) < 4.78 is 5.91. The number of halogens is 1. The van der Waals surface area contributed by atoms with Crippen molar-refractivity contribution in [2.75, 3.05) is 19.0 Å². The van der Waals surface area contributed by atoms with Crippen molar-refractivity contribution in [3.8, 4) is 6.07 Å². The summed E-state index contributed by atoms with van der Waals surface area (Å²) in [5, 5.41) is 12.3. The highest BCUT2D eigenvalue weighted by atomic mass is 79.9. The number of ether oxygens (including phenoxy) is 1. The molecule has 3 atom stereocenters. The lowest BCUT2D eigenvalue weighted by Gasteiger charge is -2.38. The molecule has 2 aliphatic heterocycles. The van der Waals surface area contributed by atoms with E-state index in [1.54, 1.807) is 4.90 Å². The number of anilines is 1. The quantitative estimate of drug-likeness (QED) is 0.778. The molecule has 0 saturated carbocycles. The van der Waals surface area contributed by atoms with Gasteiger partial charge >= 0.3 is 6.09 Å². The normalized spacial score (nSPS) is 26.0. The average Bonchev–Trinajstić information content (AvgIpc) is 2.97. The minimum absolute atomic E-state index is 0.0328. The summed E-state index contributed by atoms with van der Waals surface area (Å²) in [6, 6.07) is 8.05. The summed E-state index contributed by atoms with van der Waals surface area (Å²) in [4.78, 5) is 13.9. The van der Waals surface area contributed by atoms with E-state index in [0.29, 0.717) is 6.54 Å². The molecule has 6 heteroatoms. The van der Waals surface area contributed by atoms with Crippen LogP contribution in [0.5, 0.6) is 0 Å². The first-order valence-corrected chi connectivity index (χ1v) is 7.92. The lowest BCUT2D eigenvalue weighted by atomic mass is 9.83. The Labute approximate surface area is 137 Å². The number of nitrogens with one attached hydrogen (secondary N) is 1. The summed E-state index contributed by atoms with van der Waals surface area (Å²) in [5.74, 6) is 0.227. The molecule has 1 amide bonds. The van der Waals surface area contributed by atoms with Crippen LogP contribution in [0, 0.1) is 17.2 Å². The molecule has 1 aromatic carbocycles. The van der Waals surface area contributed by atoms with Gasteiger partial charge in [-0.3, -0.25) is 0 Å². The molecule has 1 saturated heterocycles. The number of hydrogen-bond acceptors (Lipinski definition) is 4. The molecule has 114 valence electrons. The number of hydrogen-bond donors (Lipinski definition) is 1. The summed E-state index contributed by atoms with van der Waals surface area (Å²) in [6.45, 7) is 0.659. The van der Waals surface area contributed by atoms with Crippen molar-refractivity contribution in [1.82, 2.24) is 4.90 Å². The maximum atomic E-state index is 12.1. The minimum atomic E-state index is -0.302. The van der Waals surface area contributed by atoms with Gasteiger partial charge in [0.2, 0.25) is 0 Å². The van der Waals surface area contributed by atoms with Gasteiger partial charge in [-0.05, 0) is 30.2 Å². The molecular formula is C16H16BrN3O2. The molecule has 0 aliphatic carbocycles. The predicted molar refractivity (Wildman–Crippen MR) is 86.3 cm³/mol. The number of nitriles is 1. The maximum absolute atomic E-state index is 12.1. The first-order chi connectivity index (χ1) is 10.7. The third-order valence-electron chi connectivity index (χ3n) is 4.35. The summed E-state index contributed by atoms with van der Waals surface area (Å²) in [7, 11) is 1.41. The van der Waals surface area contributed by atoms with Gasteiger partial charge in [0.25, 0.3) is 0 Å². The van der Waals surface area contributed by atoms with Gasteiger partial charge in [-0.2, -0.15) is 5.26 Å². The van der Waals surface area contributed by atoms with Crippen LogP contribution in [0.25, 0.3) is 0 Å². The van der Waals surface area contributed by atoms with Gasteiger partial charge in [0.1, 0.15) is 0 Å². The van der Waals surface area contributed by atoms with Crippen LogP contribution in [0.4, 0.5) is 10.5 Å². The van der Waals surface area contributed by atoms with E-state index < -0.39 is 0 Å². The zero-order valence-corrected chi connectivity index (χ0v) is 13.7. The molecule has 2 heterocycles. The number of likely N-dealkylation sites (tertiary alicyclic amines) is 1. The Morgan fingerprint density at radius 3 is 3.14 bits per heavy atom. The fraction of sp³-hybridized carbons (Fsp3) is 0.375. The van der Waals surface area contributed by atoms with Gasteiger partial charge in [-0.25, -0.2) is 4.79 Å². The molecule has 0 spiro atoms. The minimum Gasteiger partial charge on any atom is -0.453 e. The fourth-order valence-electron chi connectivity index (χ4n) is 3.45. The maximum Gasteiger partial charge on any atom is 0.410 e. The largest absolute Gasteiger partial charge is 0.453 e. The van der Waals surface area contributed by atoms with Gasteiger partial charge in [-0.15, -0.1) is 0 Å². The van der Waals surface area contributed by atoms with E-state index >= 15 is 0 Å². The molecule has 1 aromatic rings. The lowest BCUT2D eigenvalue weighted by Crippen LogP contribution is -2.40. The third-order valence-corrected chi connectivity index (χ3v) is 4.84. The number of methoxy groups -OCH3 is 1. The van der Waals surface area contributed by atoms with Crippen molar-refractivity contribution >= 4 is 27.7 Å². The smallest absolute Gasteiger partial charge is 0.410 e. The zero-order chi connectivity index (χ0) is 15.7. The van der Waals surface area contributed by atoms with Crippen LogP contribution in [-0.4, -0.2) is 30.7 Å². The second kappa shape index (κ2) is 6.01. The lowest BCUT2D eigenvalue weighted by molar-refractivity contribution is 0.113. The topological polar surface area (TPSA) is 65.4 Å². The van der Waals surface area contributed by atoms with Crippen LogP contribution < -0.4 is 5.32 Å². The number of fused-ring (bicyclic) bond motifs is 3.